The van der Waals surface area contributed by atoms with Crippen molar-refractivity contribution in [3.8, 4) is 5.75 Å². The van der Waals surface area contributed by atoms with Crippen molar-refractivity contribution >= 4 is 0 Å². The standard InChI is InChI=1S/C15H22N2O/c1-17-8-5-14(11-17)16-7-4-12-2-3-15-13(10-12)6-9-18-15/h2-3,10,14,16H,4-9,11H2,1H3. The molecule has 0 aromatic heterocycles. The van der Waals surface area contributed by atoms with Crippen LogP contribution in [0.5, 0.6) is 5.75 Å². The smallest absolute Gasteiger partial charge is 0.122 e. The molecule has 2 heterocycles. The first-order valence-electron chi connectivity index (χ1n) is 6.98. The number of likely N-dealkylation sites (tertiary alicyclic amines) is 1. The van der Waals surface area contributed by atoms with Crippen LogP contribution in [0.15, 0.2) is 18.2 Å². The first kappa shape index (κ1) is 12.0. The van der Waals surface area contributed by atoms with E-state index in [-0.39, 0.29) is 0 Å². The Morgan fingerprint density at radius 1 is 1.44 bits per heavy atom. The lowest BCUT2D eigenvalue weighted by Crippen LogP contribution is -2.32. The lowest BCUT2D eigenvalue weighted by atomic mass is 10.1. The molecule has 0 saturated carbocycles. The van der Waals surface area contributed by atoms with E-state index in [1.54, 1.807) is 0 Å². The van der Waals surface area contributed by atoms with E-state index in [1.165, 1.54) is 30.6 Å². The fourth-order valence-electron chi connectivity index (χ4n) is 2.92. The summed E-state index contributed by atoms with van der Waals surface area (Å²) in [7, 11) is 2.20. The summed E-state index contributed by atoms with van der Waals surface area (Å²) in [5.41, 5.74) is 2.81. The first-order valence-corrected chi connectivity index (χ1v) is 6.98. The molecule has 0 radical (unpaired) electrons. The highest BCUT2D eigenvalue weighted by Crippen LogP contribution is 2.25. The lowest BCUT2D eigenvalue weighted by Gasteiger charge is -2.12. The van der Waals surface area contributed by atoms with E-state index in [0.29, 0.717) is 6.04 Å². The molecule has 1 atom stereocenters. The molecule has 3 heteroatoms. The van der Waals surface area contributed by atoms with Crippen LogP contribution in [0.25, 0.3) is 0 Å². The monoisotopic (exact) mass is 246 g/mol. The van der Waals surface area contributed by atoms with Crippen molar-refractivity contribution in [3.63, 3.8) is 0 Å². The minimum absolute atomic E-state index is 0.688. The third-order valence-corrected chi connectivity index (χ3v) is 3.99. The van der Waals surface area contributed by atoms with Crippen molar-refractivity contribution < 1.29 is 4.74 Å². The highest BCUT2D eigenvalue weighted by atomic mass is 16.5. The largest absolute Gasteiger partial charge is 0.493 e. The van der Waals surface area contributed by atoms with Gasteiger partial charge < -0.3 is 15.0 Å². The molecule has 1 unspecified atom stereocenters. The molecule has 3 nitrogen and oxygen atoms in total. The summed E-state index contributed by atoms with van der Waals surface area (Å²) < 4.78 is 5.53. The van der Waals surface area contributed by atoms with Gasteiger partial charge in [0.05, 0.1) is 6.61 Å². The lowest BCUT2D eigenvalue weighted by molar-refractivity contribution is 0.357. The van der Waals surface area contributed by atoms with E-state index < -0.39 is 0 Å². The highest BCUT2D eigenvalue weighted by molar-refractivity contribution is 5.39. The number of benzene rings is 1. The van der Waals surface area contributed by atoms with Crippen molar-refractivity contribution in [3.05, 3.63) is 29.3 Å². The van der Waals surface area contributed by atoms with Gasteiger partial charge in [0.15, 0.2) is 0 Å². The quantitative estimate of drug-likeness (QED) is 0.870. The van der Waals surface area contributed by atoms with Crippen molar-refractivity contribution in [2.24, 2.45) is 0 Å². The minimum Gasteiger partial charge on any atom is -0.493 e. The number of nitrogens with zero attached hydrogens (tertiary/aromatic N) is 1. The van der Waals surface area contributed by atoms with Crippen molar-refractivity contribution in [2.75, 3.05) is 33.3 Å². The molecule has 1 N–H and O–H groups in total. The van der Waals surface area contributed by atoms with E-state index in [2.05, 4.69) is 35.5 Å². The summed E-state index contributed by atoms with van der Waals surface area (Å²) in [6, 6.07) is 7.33. The van der Waals surface area contributed by atoms with Gasteiger partial charge in [-0.15, -0.1) is 0 Å². The topological polar surface area (TPSA) is 24.5 Å². The zero-order chi connectivity index (χ0) is 12.4. The van der Waals surface area contributed by atoms with Crippen LogP contribution in [0.1, 0.15) is 17.5 Å². The molecule has 2 aliphatic heterocycles. The number of hydrogen-bond acceptors (Lipinski definition) is 3. The number of fused-ring (bicyclic) bond motifs is 1. The van der Waals surface area contributed by atoms with Crippen LogP contribution >= 0.6 is 0 Å². The molecule has 2 aliphatic rings. The summed E-state index contributed by atoms with van der Waals surface area (Å²) in [5.74, 6) is 1.09. The number of rotatable bonds is 4. The maximum atomic E-state index is 5.53. The van der Waals surface area contributed by atoms with Gasteiger partial charge in [-0.2, -0.15) is 0 Å². The first-order chi connectivity index (χ1) is 8.81. The van der Waals surface area contributed by atoms with Crippen LogP contribution in [-0.4, -0.2) is 44.2 Å². The van der Waals surface area contributed by atoms with Gasteiger partial charge in [-0.25, -0.2) is 0 Å². The molecule has 3 rings (SSSR count). The molecule has 98 valence electrons. The number of nitrogens with one attached hydrogen (secondary N) is 1. The zero-order valence-corrected chi connectivity index (χ0v) is 11.1. The van der Waals surface area contributed by atoms with Gasteiger partial charge >= 0.3 is 0 Å². The average Bonchev–Trinajstić information content (AvgIpc) is 2.97. The number of likely N-dealkylation sites (N-methyl/N-ethyl adjacent to an activating group) is 1. The molecule has 0 spiro atoms. The second-order valence-electron chi connectivity index (χ2n) is 5.49. The van der Waals surface area contributed by atoms with Gasteiger partial charge in [-0.05, 0) is 50.2 Å². The van der Waals surface area contributed by atoms with E-state index >= 15 is 0 Å². The number of hydrogen-bond donors (Lipinski definition) is 1. The normalized spacial score (nSPS) is 23.1. The molecule has 1 aromatic rings. The maximum Gasteiger partial charge on any atom is 0.122 e. The van der Waals surface area contributed by atoms with E-state index in [4.69, 9.17) is 4.74 Å². The summed E-state index contributed by atoms with van der Waals surface area (Å²) in [4.78, 5) is 2.39. The van der Waals surface area contributed by atoms with E-state index in [0.717, 1.165) is 31.7 Å². The SMILES string of the molecule is CN1CCC(NCCc2ccc3c(c2)CCO3)C1. The predicted octanol–water partition coefficient (Wildman–Crippen LogP) is 1.46. The third kappa shape index (κ3) is 2.68. The third-order valence-electron chi connectivity index (χ3n) is 3.99. The van der Waals surface area contributed by atoms with Crippen LogP contribution in [0.2, 0.25) is 0 Å². The van der Waals surface area contributed by atoms with Crippen LogP contribution in [0, 0.1) is 0 Å². The van der Waals surface area contributed by atoms with Gasteiger partial charge in [-0.1, -0.05) is 12.1 Å². The van der Waals surface area contributed by atoms with Gasteiger partial charge in [0, 0.05) is 19.0 Å². The van der Waals surface area contributed by atoms with Crippen LogP contribution < -0.4 is 10.1 Å². The Morgan fingerprint density at radius 2 is 2.39 bits per heavy atom. The summed E-state index contributed by atoms with van der Waals surface area (Å²) in [6.45, 7) is 4.36. The van der Waals surface area contributed by atoms with Gasteiger partial charge in [0.1, 0.15) is 5.75 Å². The number of ether oxygens (including phenoxy) is 1. The summed E-state index contributed by atoms with van der Waals surface area (Å²) in [5, 5.41) is 3.66. The van der Waals surface area contributed by atoms with Crippen molar-refractivity contribution in [2.45, 2.75) is 25.3 Å². The second-order valence-corrected chi connectivity index (χ2v) is 5.49. The Bertz CT molecular complexity index is 419. The van der Waals surface area contributed by atoms with Gasteiger partial charge in [0.25, 0.3) is 0 Å². The molecule has 1 saturated heterocycles. The van der Waals surface area contributed by atoms with Crippen molar-refractivity contribution in [1.82, 2.24) is 10.2 Å². The molecular formula is C15H22N2O. The van der Waals surface area contributed by atoms with Crippen LogP contribution in [-0.2, 0) is 12.8 Å². The summed E-state index contributed by atoms with van der Waals surface area (Å²) in [6.07, 6.45) is 3.48. The van der Waals surface area contributed by atoms with Crippen molar-refractivity contribution in [1.29, 1.82) is 0 Å². The van der Waals surface area contributed by atoms with Gasteiger partial charge in [-0.3, -0.25) is 0 Å². The average molecular weight is 246 g/mol. The maximum absolute atomic E-state index is 5.53. The predicted molar refractivity (Wildman–Crippen MR) is 73.2 cm³/mol. The second kappa shape index (κ2) is 5.29. The Morgan fingerprint density at radius 3 is 3.22 bits per heavy atom. The molecule has 0 aliphatic carbocycles. The summed E-state index contributed by atoms with van der Waals surface area (Å²) >= 11 is 0. The Kier molecular flexibility index (Phi) is 3.52. The molecule has 0 amide bonds. The Labute approximate surface area is 109 Å². The Hall–Kier alpha value is -1.06. The van der Waals surface area contributed by atoms with Crippen LogP contribution in [0.4, 0.5) is 0 Å². The van der Waals surface area contributed by atoms with E-state index in [1.807, 2.05) is 0 Å². The Balaban J connectivity index is 1.48. The zero-order valence-electron chi connectivity index (χ0n) is 11.1. The van der Waals surface area contributed by atoms with Crippen LogP contribution in [0.3, 0.4) is 0 Å². The molecular weight excluding hydrogens is 224 g/mol. The molecule has 0 bridgehead atoms. The molecule has 1 fully saturated rings. The fourth-order valence-corrected chi connectivity index (χ4v) is 2.92. The van der Waals surface area contributed by atoms with Gasteiger partial charge in [0.2, 0.25) is 0 Å². The highest BCUT2D eigenvalue weighted by Gasteiger charge is 2.18. The molecule has 18 heavy (non-hydrogen) atoms. The molecule has 1 aromatic carbocycles. The fraction of sp³-hybridized carbons (Fsp3) is 0.600. The van der Waals surface area contributed by atoms with E-state index in [9.17, 15) is 0 Å². The minimum atomic E-state index is 0.688.